The van der Waals surface area contributed by atoms with Crippen LogP contribution in [0.1, 0.15) is 41.5 Å². The Balaban J connectivity index is 3.13. The molecule has 1 aromatic rings. The molecule has 0 bridgehead atoms. The van der Waals surface area contributed by atoms with Crippen LogP contribution in [0.15, 0.2) is 12.1 Å². The average Bonchev–Trinajstić information content (AvgIpc) is 2.22. The van der Waals surface area contributed by atoms with Crippen LogP contribution in [-0.4, -0.2) is 23.4 Å². The molecule has 1 rings (SSSR count). The summed E-state index contributed by atoms with van der Waals surface area (Å²) in [5.41, 5.74) is 0. The normalized spacial score (nSPS) is 11.2. The van der Waals surface area contributed by atoms with Crippen LogP contribution >= 0.6 is 0 Å². The van der Waals surface area contributed by atoms with Gasteiger partial charge in [-0.2, -0.15) is 0 Å². The van der Waals surface area contributed by atoms with E-state index in [1.165, 1.54) is 0 Å². The number of hydrogen-bond donors (Lipinski definition) is 1. The first-order valence-electron chi connectivity index (χ1n) is 6.66. The van der Waals surface area contributed by atoms with Crippen molar-refractivity contribution in [3.63, 3.8) is 0 Å². The van der Waals surface area contributed by atoms with Crippen molar-refractivity contribution in [3.05, 3.63) is 12.1 Å². The molecule has 0 aliphatic carbocycles. The molecule has 0 aliphatic rings. The third-order valence-electron chi connectivity index (χ3n) is 2.11. The summed E-state index contributed by atoms with van der Waals surface area (Å²) in [6.45, 7) is 11.5. The number of ether oxygens (including phenoxy) is 3. The number of phenols is 1. The summed E-state index contributed by atoms with van der Waals surface area (Å²) in [7, 11) is 0. The molecular weight excluding hydrogens is 244 g/mol. The lowest BCUT2D eigenvalue weighted by Crippen LogP contribution is -2.10. The molecule has 0 atom stereocenters. The van der Waals surface area contributed by atoms with Gasteiger partial charge in [-0.05, 0) is 41.5 Å². The minimum Gasteiger partial charge on any atom is -0.502 e. The highest BCUT2D eigenvalue weighted by Gasteiger charge is 2.16. The molecule has 0 saturated heterocycles. The Kier molecular flexibility index (Phi) is 5.33. The molecule has 0 aromatic heterocycles. The monoisotopic (exact) mass is 268 g/mol. The summed E-state index contributed by atoms with van der Waals surface area (Å²) < 4.78 is 16.8. The van der Waals surface area contributed by atoms with E-state index in [4.69, 9.17) is 14.2 Å². The lowest BCUT2D eigenvalue weighted by Gasteiger charge is -2.19. The molecule has 0 radical (unpaired) electrons. The quantitative estimate of drug-likeness (QED) is 0.853. The second-order valence-electron chi connectivity index (χ2n) is 5.27. The van der Waals surface area contributed by atoms with Gasteiger partial charge in [0.1, 0.15) is 5.75 Å². The van der Waals surface area contributed by atoms with Gasteiger partial charge in [-0.15, -0.1) is 0 Å². The summed E-state index contributed by atoms with van der Waals surface area (Å²) in [5.74, 6) is 1.39. The Morgan fingerprint density at radius 3 is 1.42 bits per heavy atom. The van der Waals surface area contributed by atoms with Crippen LogP contribution in [0.3, 0.4) is 0 Å². The lowest BCUT2D eigenvalue weighted by atomic mass is 10.2. The standard InChI is InChI=1S/C15H24O4/c1-9(2)17-12-7-13(18-10(3)4)15(16)14(8-12)19-11(5)6/h7-11,16H,1-6H3. The van der Waals surface area contributed by atoms with Crippen molar-refractivity contribution < 1.29 is 19.3 Å². The van der Waals surface area contributed by atoms with E-state index in [1.54, 1.807) is 12.1 Å². The molecule has 4 nitrogen and oxygen atoms in total. The van der Waals surface area contributed by atoms with E-state index in [0.29, 0.717) is 17.2 Å². The molecule has 0 fully saturated rings. The number of hydrogen-bond acceptors (Lipinski definition) is 4. The molecule has 0 unspecified atom stereocenters. The minimum atomic E-state index is -0.0351. The molecule has 0 aliphatic heterocycles. The van der Waals surface area contributed by atoms with Gasteiger partial charge in [0.15, 0.2) is 11.5 Å². The van der Waals surface area contributed by atoms with Crippen molar-refractivity contribution in [3.8, 4) is 23.0 Å². The fourth-order valence-corrected chi connectivity index (χ4v) is 1.59. The zero-order chi connectivity index (χ0) is 14.6. The van der Waals surface area contributed by atoms with Crippen LogP contribution in [0.5, 0.6) is 23.0 Å². The van der Waals surface area contributed by atoms with Crippen molar-refractivity contribution in [2.45, 2.75) is 59.9 Å². The maximum atomic E-state index is 10.1. The second-order valence-corrected chi connectivity index (χ2v) is 5.27. The van der Waals surface area contributed by atoms with E-state index in [9.17, 15) is 5.11 Å². The molecular formula is C15H24O4. The van der Waals surface area contributed by atoms with Crippen molar-refractivity contribution in [1.82, 2.24) is 0 Å². The predicted molar refractivity (Wildman–Crippen MR) is 75.4 cm³/mol. The molecule has 19 heavy (non-hydrogen) atoms. The molecule has 108 valence electrons. The van der Waals surface area contributed by atoms with E-state index in [1.807, 2.05) is 41.5 Å². The zero-order valence-corrected chi connectivity index (χ0v) is 12.6. The van der Waals surface area contributed by atoms with Crippen molar-refractivity contribution in [2.24, 2.45) is 0 Å². The SMILES string of the molecule is CC(C)Oc1cc(OC(C)C)c(O)c(OC(C)C)c1. The molecule has 0 amide bonds. The van der Waals surface area contributed by atoms with Crippen molar-refractivity contribution in [2.75, 3.05) is 0 Å². The van der Waals surface area contributed by atoms with E-state index < -0.39 is 0 Å². The number of rotatable bonds is 6. The van der Waals surface area contributed by atoms with Gasteiger partial charge in [0.05, 0.1) is 18.3 Å². The average molecular weight is 268 g/mol. The van der Waals surface area contributed by atoms with Gasteiger partial charge < -0.3 is 19.3 Å². The lowest BCUT2D eigenvalue weighted by molar-refractivity contribution is 0.202. The first kappa shape index (κ1) is 15.5. The Bertz CT molecular complexity index is 380. The minimum absolute atomic E-state index is 0.0125. The van der Waals surface area contributed by atoms with Gasteiger partial charge in [-0.25, -0.2) is 0 Å². The number of phenolic OH excluding ortho intramolecular Hbond substituents is 1. The predicted octanol–water partition coefficient (Wildman–Crippen LogP) is 3.75. The van der Waals surface area contributed by atoms with Crippen LogP contribution in [0, 0.1) is 0 Å². The summed E-state index contributed by atoms with van der Waals surface area (Å²) in [6.07, 6.45) is -0.0254. The fourth-order valence-electron chi connectivity index (χ4n) is 1.59. The Morgan fingerprint density at radius 2 is 1.11 bits per heavy atom. The third kappa shape index (κ3) is 4.89. The topological polar surface area (TPSA) is 47.9 Å². The van der Waals surface area contributed by atoms with Gasteiger partial charge >= 0.3 is 0 Å². The van der Waals surface area contributed by atoms with Crippen molar-refractivity contribution >= 4 is 0 Å². The highest BCUT2D eigenvalue weighted by atomic mass is 16.5. The van der Waals surface area contributed by atoms with Gasteiger partial charge in [0.2, 0.25) is 5.75 Å². The summed E-state index contributed by atoms with van der Waals surface area (Å²) in [5, 5.41) is 10.1. The number of benzene rings is 1. The highest BCUT2D eigenvalue weighted by molar-refractivity contribution is 5.55. The summed E-state index contributed by atoms with van der Waals surface area (Å²) in [4.78, 5) is 0. The van der Waals surface area contributed by atoms with Gasteiger partial charge in [0.25, 0.3) is 0 Å². The molecule has 1 aromatic carbocycles. The second kappa shape index (κ2) is 6.55. The van der Waals surface area contributed by atoms with Gasteiger partial charge in [0, 0.05) is 12.1 Å². The smallest absolute Gasteiger partial charge is 0.201 e. The maximum Gasteiger partial charge on any atom is 0.201 e. The third-order valence-corrected chi connectivity index (χ3v) is 2.11. The summed E-state index contributed by atoms with van der Waals surface area (Å²) >= 11 is 0. The van der Waals surface area contributed by atoms with Crippen LogP contribution in [0.25, 0.3) is 0 Å². The van der Waals surface area contributed by atoms with Crippen LogP contribution in [0.4, 0.5) is 0 Å². The first-order chi connectivity index (χ1) is 8.79. The van der Waals surface area contributed by atoms with Gasteiger partial charge in [-0.3, -0.25) is 0 Å². The van der Waals surface area contributed by atoms with E-state index in [-0.39, 0.29) is 24.1 Å². The zero-order valence-electron chi connectivity index (χ0n) is 12.6. The molecule has 4 heteroatoms. The van der Waals surface area contributed by atoms with Crippen LogP contribution in [0.2, 0.25) is 0 Å². The Morgan fingerprint density at radius 1 is 0.737 bits per heavy atom. The van der Waals surface area contributed by atoms with E-state index >= 15 is 0 Å². The molecule has 0 saturated carbocycles. The molecule has 0 heterocycles. The fraction of sp³-hybridized carbons (Fsp3) is 0.600. The first-order valence-corrected chi connectivity index (χ1v) is 6.66. The Labute approximate surface area is 115 Å². The maximum absolute atomic E-state index is 10.1. The largest absolute Gasteiger partial charge is 0.502 e. The van der Waals surface area contributed by atoms with Crippen LogP contribution in [-0.2, 0) is 0 Å². The van der Waals surface area contributed by atoms with Crippen LogP contribution < -0.4 is 14.2 Å². The highest BCUT2D eigenvalue weighted by Crippen LogP contribution is 2.41. The Hall–Kier alpha value is -1.58. The number of aromatic hydroxyl groups is 1. The van der Waals surface area contributed by atoms with Crippen molar-refractivity contribution in [1.29, 1.82) is 0 Å². The van der Waals surface area contributed by atoms with E-state index in [0.717, 1.165) is 0 Å². The van der Waals surface area contributed by atoms with Gasteiger partial charge in [-0.1, -0.05) is 0 Å². The summed E-state index contributed by atoms with van der Waals surface area (Å²) in [6, 6.07) is 3.37. The molecule has 0 spiro atoms. The molecule has 1 N–H and O–H groups in total. The van der Waals surface area contributed by atoms with E-state index in [2.05, 4.69) is 0 Å².